The van der Waals surface area contributed by atoms with Gasteiger partial charge in [-0.15, -0.1) is 0 Å². The Labute approximate surface area is 167 Å². The molecule has 150 valence electrons. The highest BCUT2D eigenvalue weighted by molar-refractivity contribution is 5.98. The van der Waals surface area contributed by atoms with Crippen molar-refractivity contribution in [3.8, 4) is 0 Å². The first kappa shape index (κ1) is 17.9. The number of aromatic amines is 1. The van der Waals surface area contributed by atoms with E-state index in [4.69, 9.17) is 4.74 Å². The normalized spacial score (nSPS) is 23.6. The number of nitrogens with one attached hydrogen (secondary N) is 3. The zero-order valence-electron chi connectivity index (χ0n) is 16.3. The number of amides is 2. The van der Waals surface area contributed by atoms with E-state index in [0.29, 0.717) is 30.7 Å². The molecule has 8 nitrogen and oxygen atoms in total. The molecule has 3 N–H and O–H groups in total. The second-order valence-electron chi connectivity index (χ2n) is 7.77. The molecule has 29 heavy (non-hydrogen) atoms. The molecule has 5 rings (SSSR count). The summed E-state index contributed by atoms with van der Waals surface area (Å²) in [5.74, 6) is 0.279. The number of fused-ring (bicyclic) bond motifs is 2. The quantitative estimate of drug-likeness (QED) is 0.614. The predicted molar refractivity (Wildman–Crippen MR) is 107 cm³/mol. The van der Waals surface area contributed by atoms with Gasteiger partial charge in [0, 0.05) is 48.1 Å². The molecule has 2 aromatic heterocycles. The van der Waals surface area contributed by atoms with E-state index in [-0.39, 0.29) is 29.6 Å². The van der Waals surface area contributed by atoms with Crippen LogP contribution < -0.4 is 10.6 Å². The lowest BCUT2D eigenvalue weighted by Gasteiger charge is -2.17. The van der Waals surface area contributed by atoms with Crippen LogP contribution in [0.4, 0.5) is 0 Å². The molecule has 2 aliphatic rings. The van der Waals surface area contributed by atoms with Gasteiger partial charge in [-0.1, -0.05) is 12.1 Å². The van der Waals surface area contributed by atoms with Gasteiger partial charge in [-0.25, -0.2) is 0 Å². The first-order chi connectivity index (χ1) is 14.1. The van der Waals surface area contributed by atoms with E-state index in [1.54, 1.807) is 17.8 Å². The lowest BCUT2D eigenvalue weighted by molar-refractivity contribution is 0.0915. The highest BCUT2D eigenvalue weighted by Gasteiger charge is 2.55. The highest BCUT2D eigenvalue weighted by atomic mass is 16.5. The summed E-state index contributed by atoms with van der Waals surface area (Å²) >= 11 is 0. The molecule has 3 heterocycles. The first-order valence-corrected chi connectivity index (χ1v) is 9.84. The van der Waals surface area contributed by atoms with Crippen LogP contribution in [0.3, 0.4) is 0 Å². The SMILES string of the molecule is CNC(=O)c1cc(C(=O)N[C@H]2[C@@H]3COC[C@@H]32)n(C(C)c2cccc3[nH]ccc23)n1. The summed E-state index contributed by atoms with van der Waals surface area (Å²) in [4.78, 5) is 28.5. The Balaban J connectivity index is 1.50. The molecule has 4 atom stereocenters. The molecule has 8 heteroatoms. The predicted octanol–water partition coefficient (Wildman–Crippen LogP) is 1.71. The smallest absolute Gasteiger partial charge is 0.271 e. The average Bonchev–Trinajstić information content (AvgIpc) is 3.27. The van der Waals surface area contributed by atoms with Gasteiger partial charge in [-0.3, -0.25) is 14.3 Å². The van der Waals surface area contributed by atoms with Crippen LogP contribution >= 0.6 is 0 Å². The fraction of sp³-hybridized carbons (Fsp3) is 0.381. The Morgan fingerprint density at radius 1 is 1.24 bits per heavy atom. The van der Waals surface area contributed by atoms with Gasteiger partial charge in [-0.05, 0) is 24.6 Å². The molecule has 2 amide bonds. The van der Waals surface area contributed by atoms with Crippen LogP contribution in [-0.4, -0.2) is 52.9 Å². The van der Waals surface area contributed by atoms with Crippen molar-refractivity contribution in [1.29, 1.82) is 0 Å². The molecular formula is C21H23N5O3. The third kappa shape index (κ3) is 2.91. The molecule has 0 bridgehead atoms. The second-order valence-corrected chi connectivity index (χ2v) is 7.77. The summed E-state index contributed by atoms with van der Waals surface area (Å²) < 4.78 is 7.05. The lowest BCUT2D eigenvalue weighted by atomic mass is 10.0. The minimum Gasteiger partial charge on any atom is -0.381 e. The Morgan fingerprint density at radius 3 is 2.79 bits per heavy atom. The van der Waals surface area contributed by atoms with Crippen LogP contribution in [0, 0.1) is 11.8 Å². The van der Waals surface area contributed by atoms with Crippen LogP contribution in [0.1, 0.15) is 39.5 Å². The van der Waals surface area contributed by atoms with Crippen molar-refractivity contribution in [2.45, 2.75) is 19.0 Å². The summed E-state index contributed by atoms with van der Waals surface area (Å²) in [5, 5.41) is 11.2. The lowest BCUT2D eigenvalue weighted by Crippen LogP contribution is -2.32. The molecular weight excluding hydrogens is 370 g/mol. The van der Waals surface area contributed by atoms with Gasteiger partial charge in [0.2, 0.25) is 0 Å². The molecule has 2 fully saturated rings. The van der Waals surface area contributed by atoms with Crippen molar-refractivity contribution in [2.24, 2.45) is 11.8 Å². The van der Waals surface area contributed by atoms with Crippen molar-refractivity contribution in [3.63, 3.8) is 0 Å². The number of H-pyrrole nitrogens is 1. The van der Waals surface area contributed by atoms with Crippen LogP contribution in [0.2, 0.25) is 0 Å². The molecule has 0 spiro atoms. The van der Waals surface area contributed by atoms with Crippen molar-refractivity contribution in [3.05, 3.63) is 53.5 Å². The monoisotopic (exact) mass is 393 g/mol. The van der Waals surface area contributed by atoms with E-state index >= 15 is 0 Å². The molecule has 3 aromatic rings. The fourth-order valence-electron chi connectivity index (χ4n) is 4.38. The van der Waals surface area contributed by atoms with Crippen molar-refractivity contribution >= 4 is 22.7 Å². The van der Waals surface area contributed by atoms with Gasteiger partial charge in [0.1, 0.15) is 5.69 Å². The van der Waals surface area contributed by atoms with Gasteiger partial charge in [0.25, 0.3) is 11.8 Å². The Kier molecular flexibility index (Phi) is 4.16. The third-order valence-electron chi connectivity index (χ3n) is 6.12. The largest absolute Gasteiger partial charge is 0.381 e. The van der Waals surface area contributed by atoms with E-state index in [2.05, 4.69) is 20.7 Å². The number of benzene rings is 1. The molecule has 1 saturated heterocycles. The standard InChI is InChI=1S/C21H23N5O3/c1-11(12-4-3-5-16-13(12)6-7-23-16)26-18(8-17(25-26)20(27)22-2)21(28)24-19-14-9-29-10-15(14)19/h3-8,11,14-15,19,23H,9-10H2,1-2H3,(H,22,27)(H,24,28)/t11?,14-,15+,19+. The highest BCUT2D eigenvalue weighted by Crippen LogP contribution is 2.44. The van der Waals surface area contributed by atoms with Crippen LogP contribution in [0.25, 0.3) is 10.9 Å². The maximum atomic E-state index is 13.1. The third-order valence-corrected chi connectivity index (χ3v) is 6.12. The summed E-state index contributed by atoms with van der Waals surface area (Å²) in [7, 11) is 1.55. The van der Waals surface area contributed by atoms with Crippen LogP contribution in [-0.2, 0) is 4.74 Å². The van der Waals surface area contributed by atoms with Crippen molar-refractivity contribution in [2.75, 3.05) is 20.3 Å². The summed E-state index contributed by atoms with van der Waals surface area (Å²) in [6.07, 6.45) is 1.89. The summed E-state index contributed by atoms with van der Waals surface area (Å²) in [6, 6.07) is 9.49. The Hall–Kier alpha value is -3.13. The second kappa shape index (κ2) is 6.73. The fourth-order valence-corrected chi connectivity index (χ4v) is 4.38. The summed E-state index contributed by atoms with van der Waals surface area (Å²) in [5.41, 5.74) is 2.66. The number of hydrogen-bond donors (Lipinski definition) is 3. The zero-order valence-corrected chi connectivity index (χ0v) is 16.3. The minimum atomic E-state index is -0.318. The summed E-state index contributed by atoms with van der Waals surface area (Å²) in [6.45, 7) is 3.38. The number of carbonyl (C=O) groups is 2. The minimum absolute atomic E-state index is 0.145. The zero-order chi connectivity index (χ0) is 20.1. The van der Waals surface area contributed by atoms with Crippen LogP contribution in [0.15, 0.2) is 36.5 Å². The van der Waals surface area contributed by atoms with Gasteiger partial charge in [0.15, 0.2) is 5.69 Å². The topological polar surface area (TPSA) is 101 Å². The number of ether oxygens (including phenoxy) is 1. The van der Waals surface area contributed by atoms with Gasteiger partial charge in [0.05, 0.1) is 19.3 Å². The van der Waals surface area contributed by atoms with Gasteiger partial charge in [-0.2, -0.15) is 5.10 Å². The first-order valence-electron chi connectivity index (χ1n) is 9.84. The number of nitrogens with zero attached hydrogens (tertiary/aromatic N) is 2. The Bertz CT molecular complexity index is 1090. The van der Waals surface area contributed by atoms with E-state index in [0.717, 1.165) is 16.5 Å². The molecule has 1 aliphatic heterocycles. The number of carbonyl (C=O) groups excluding carboxylic acids is 2. The van der Waals surface area contributed by atoms with E-state index < -0.39 is 0 Å². The maximum Gasteiger partial charge on any atom is 0.271 e. The number of hydrogen-bond acceptors (Lipinski definition) is 4. The van der Waals surface area contributed by atoms with Gasteiger partial charge >= 0.3 is 0 Å². The molecule has 1 aliphatic carbocycles. The molecule has 0 radical (unpaired) electrons. The molecule has 1 aromatic carbocycles. The molecule has 1 unspecified atom stereocenters. The van der Waals surface area contributed by atoms with Crippen molar-refractivity contribution < 1.29 is 14.3 Å². The average molecular weight is 393 g/mol. The van der Waals surface area contributed by atoms with Crippen molar-refractivity contribution in [1.82, 2.24) is 25.4 Å². The molecule has 1 saturated carbocycles. The Morgan fingerprint density at radius 2 is 2.03 bits per heavy atom. The van der Waals surface area contributed by atoms with E-state index in [1.807, 2.05) is 37.4 Å². The maximum absolute atomic E-state index is 13.1. The van der Waals surface area contributed by atoms with Gasteiger partial charge < -0.3 is 20.4 Å². The van der Waals surface area contributed by atoms with Crippen LogP contribution in [0.5, 0.6) is 0 Å². The number of rotatable bonds is 5. The van der Waals surface area contributed by atoms with E-state index in [1.165, 1.54) is 0 Å². The number of aromatic nitrogens is 3. The van der Waals surface area contributed by atoms with E-state index in [9.17, 15) is 9.59 Å².